The lowest BCUT2D eigenvalue weighted by atomic mass is 10.1. The summed E-state index contributed by atoms with van der Waals surface area (Å²) in [5.41, 5.74) is 5.75. The number of unbranched alkanes of at least 4 members (excludes halogenated alkanes) is 5. The van der Waals surface area contributed by atoms with Gasteiger partial charge in [-0.3, -0.25) is 4.90 Å². The van der Waals surface area contributed by atoms with E-state index in [0.29, 0.717) is 6.04 Å². The molecule has 0 amide bonds. The van der Waals surface area contributed by atoms with Gasteiger partial charge in [0.15, 0.2) is 0 Å². The molecule has 0 radical (unpaired) electrons. The maximum atomic E-state index is 5.75. The second-order valence-corrected chi connectivity index (χ2v) is 4.84. The molecular formula is C13H28N2. The molecule has 2 N–H and O–H groups in total. The molecule has 0 aromatic carbocycles. The van der Waals surface area contributed by atoms with E-state index in [2.05, 4.69) is 11.8 Å². The van der Waals surface area contributed by atoms with Gasteiger partial charge in [-0.15, -0.1) is 0 Å². The third kappa shape index (κ3) is 4.98. The van der Waals surface area contributed by atoms with Gasteiger partial charge in [0.1, 0.15) is 0 Å². The van der Waals surface area contributed by atoms with Crippen molar-refractivity contribution in [1.29, 1.82) is 0 Å². The summed E-state index contributed by atoms with van der Waals surface area (Å²) < 4.78 is 0. The zero-order valence-corrected chi connectivity index (χ0v) is 10.4. The third-order valence-electron chi connectivity index (χ3n) is 3.57. The van der Waals surface area contributed by atoms with E-state index in [4.69, 9.17) is 5.73 Å². The lowest BCUT2D eigenvalue weighted by molar-refractivity contribution is 0.252. The van der Waals surface area contributed by atoms with Crippen LogP contribution in [0, 0.1) is 0 Å². The third-order valence-corrected chi connectivity index (χ3v) is 3.57. The Labute approximate surface area is 95.2 Å². The minimum absolute atomic E-state index is 0.695. The van der Waals surface area contributed by atoms with Crippen molar-refractivity contribution in [3.8, 4) is 0 Å². The van der Waals surface area contributed by atoms with Crippen molar-refractivity contribution < 1.29 is 0 Å². The Morgan fingerprint density at radius 3 is 2.60 bits per heavy atom. The van der Waals surface area contributed by atoms with Crippen LogP contribution in [-0.2, 0) is 0 Å². The fourth-order valence-corrected chi connectivity index (χ4v) is 2.55. The zero-order valence-electron chi connectivity index (χ0n) is 10.4. The van der Waals surface area contributed by atoms with Gasteiger partial charge in [0, 0.05) is 12.6 Å². The molecule has 1 heterocycles. The molecule has 1 aliphatic heterocycles. The van der Waals surface area contributed by atoms with Crippen LogP contribution in [0.3, 0.4) is 0 Å². The Bertz CT molecular complexity index is 147. The molecule has 1 atom stereocenters. The van der Waals surface area contributed by atoms with E-state index in [9.17, 15) is 0 Å². The second-order valence-electron chi connectivity index (χ2n) is 4.84. The fourth-order valence-electron chi connectivity index (χ4n) is 2.55. The molecule has 0 aromatic heterocycles. The molecule has 0 aromatic rings. The van der Waals surface area contributed by atoms with Gasteiger partial charge >= 0.3 is 0 Å². The molecule has 15 heavy (non-hydrogen) atoms. The van der Waals surface area contributed by atoms with Gasteiger partial charge in [-0.1, -0.05) is 39.0 Å². The molecule has 90 valence electrons. The van der Waals surface area contributed by atoms with E-state index in [1.54, 1.807) is 0 Å². The average Bonchev–Trinajstić information content (AvgIpc) is 2.70. The Kier molecular flexibility index (Phi) is 7.03. The Morgan fingerprint density at radius 1 is 1.13 bits per heavy atom. The van der Waals surface area contributed by atoms with Gasteiger partial charge in [-0.25, -0.2) is 0 Å². The van der Waals surface area contributed by atoms with Crippen molar-refractivity contribution in [3.05, 3.63) is 0 Å². The van der Waals surface area contributed by atoms with Crippen LogP contribution in [0.4, 0.5) is 0 Å². The summed E-state index contributed by atoms with van der Waals surface area (Å²) in [6.45, 7) is 5.71. The van der Waals surface area contributed by atoms with E-state index in [1.807, 2.05) is 0 Å². The van der Waals surface area contributed by atoms with Crippen molar-refractivity contribution in [2.75, 3.05) is 19.6 Å². The van der Waals surface area contributed by atoms with E-state index in [1.165, 1.54) is 64.5 Å². The molecule has 0 spiro atoms. The van der Waals surface area contributed by atoms with Crippen molar-refractivity contribution >= 4 is 0 Å². The zero-order chi connectivity index (χ0) is 10.9. The highest BCUT2D eigenvalue weighted by Crippen LogP contribution is 2.17. The van der Waals surface area contributed by atoms with Crippen molar-refractivity contribution in [2.24, 2.45) is 5.73 Å². The van der Waals surface area contributed by atoms with Crippen LogP contribution in [-0.4, -0.2) is 30.6 Å². The maximum Gasteiger partial charge on any atom is 0.0218 e. The largest absolute Gasteiger partial charge is 0.329 e. The number of rotatable bonds is 8. The predicted octanol–water partition coefficient (Wildman–Crippen LogP) is 2.77. The van der Waals surface area contributed by atoms with E-state index in [0.717, 1.165) is 6.54 Å². The predicted molar refractivity (Wildman–Crippen MR) is 67.0 cm³/mol. The lowest BCUT2D eigenvalue weighted by Gasteiger charge is -2.22. The lowest BCUT2D eigenvalue weighted by Crippen LogP contribution is -2.35. The van der Waals surface area contributed by atoms with Crippen molar-refractivity contribution in [2.45, 2.75) is 64.3 Å². The molecule has 1 saturated heterocycles. The van der Waals surface area contributed by atoms with Gasteiger partial charge in [0.25, 0.3) is 0 Å². The first-order chi connectivity index (χ1) is 7.38. The Morgan fingerprint density at radius 2 is 1.87 bits per heavy atom. The molecule has 1 rings (SSSR count). The summed E-state index contributed by atoms with van der Waals surface area (Å²) in [4.78, 5) is 2.60. The highest BCUT2D eigenvalue weighted by atomic mass is 15.2. The minimum atomic E-state index is 0.695. The maximum absolute atomic E-state index is 5.75. The monoisotopic (exact) mass is 212 g/mol. The molecule has 0 saturated carbocycles. The molecule has 1 fully saturated rings. The molecule has 0 aliphatic carbocycles. The number of nitrogens with zero attached hydrogens (tertiary/aromatic N) is 1. The summed E-state index contributed by atoms with van der Waals surface area (Å²) in [5, 5.41) is 0. The standard InChI is InChI=1S/C13H28N2/c1-2-3-4-5-6-7-10-15-11-8-9-13(15)12-14/h13H,2-12,14H2,1H3/t13-/m0/s1. The minimum Gasteiger partial charge on any atom is -0.329 e. The topological polar surface area (TPSA) is 29.3 Å². The van der Waals surface area contributed by atoms with Gasteiger partial charge in [0.05, 0.1) is 0 Å². The van der Waals surface area contributed by atoms with Gasteiger partial charge in [-0.2, -0.15) is 0 Å². The molecule has 1 aliphatic rings. The molecular weight excluding hydrogens is 184 g/mol. The Balaban J connectivity index is 1.95. The van der Waals surface area contributed by atoms with Crippen LogP contribution < -0.4 is 5.73 Å². The fraction of sp³-hybridized carbons (Fsp3) is 1.00. The first-order valence-electron chi connectivity index (χ1n) is 6.82. The van der Waals surface area contributed by atoms with Crippen LogP contribution in [0.25, 0.3) is 0 Å². The van der Waals surface area contributed by atoms with Crippen LogP contribution in [0.5, 0.6) is 0 Å². The first kappa shape index (κ1) is 13.0. The quantitative estimate of drug-likeness (QED) is 0.627. The SMILES string of the molecule is CCCCCCCCN1CCC[C@H]1CN. The smallest absolute Gasteiger partial charge is 0.0218 e. The number of nitrogens with two attached hydrogens (primary N) is 1. The van der Waals surface area contributed by atoms with Crippen molar-refractivity contribution in [3.63, 3.8) is 0 Å². The number of hydrogen-bond acceptors (Lipinski definition) is 2. The molecule has 0 unspecified atom stereocenters. The molecule has 2 heteroatoms. The molecule has 0 bridgehead atoms. The number of likely N-dealkylation sites (tertiary alicyclic amines) is 1. The number of hydrogen-bond donors (Lipinski definition) is 1. The normalized spacial score (nSPS) is 22.4. The highest BCUT2D eigenvalue weighted by molar-refractivity contribution is 4.79. The van der Waals surface area contributed by atoms with Gasteiger partial charge in [0.2, 0.25) is 0 Å². The van der Waals surface area contributed by atoms with Crippen molar-refractivity contribution in [1.82, 2.24) is 4.90 Å². The summed E-state index contributed by atoms with van der Waals surface area (Å²) in [7, 11) is 0. The first-order valence-corrected chi connectivity index (χ1v) is 6.82. The van der Waals surface area contributed by atoms with Crippen LogP contribution >= 0.6 is 0 Å². The van der Waals surface area contributed by atoms with E-state index in [-0.39, 0.29) is 0 Å². The summed E-state index contributed by atoms with van der Waals surface area (Å²) in [6.07, 6.45) is 11.1. The average molecular weight is 212 g/mol. The van der Waals surface area contributed by atoms with Crippen LogP contribution in [0.2, 0.25) is 0 Å². The van der Waals surface area contributed by atoms with E-state index >= 15 is 0 Å². The second kappa shape index (κ2) is 8.12. The van der Waals surface area contributed by atoms with Crippen LogP contribution in [0.1, 0.15) is 58.3 Å². The van der Waals surface area contributed by atoms with Gasteiger partial charge < -0.3 is 5.73 Å². The summed E-state index contributed by atoms with van der Waals surface area (Å²) in [6, 6.07) is 0.695. The van der Waals surface area contributed by atoms with E-state index < -0.39 is 0 Å². The van der Waals surface area contributed by atoms with Gasteiger partial charge in [-0.05, 0) is 32.4 Å². The molecule has 2 nitrogen and oxygen atoms in total. The Hall–Kier alpha value is -0.0800. The summed E-state index contributed by atoms with van der Waals surface area (Å²) >= 11 is 0. The highest BCUT2D eigenvalue weighted by Gasteiger charge is 2.21. The summed E-state index contributed by atoms with van der Waals surface area (Å²) in [5.74, 6) is 0. The van der Waals surface area contributed by atoms with Crippen LogP contribution in [0.15, 0.2) is 0 Å².